The van der Waals surface area contributed by atoms with Gasteiger partial charge < -0.3 is 10.5 Å². The minimum absolute atomic E-state index is 0.300. The molecular weight excluding hydrogens is 224 g/mol. The SMILES string of the molecule is CC1CN(CC(C)(N)c2ccccc2)CCCO1. The van der Waals surface area contributed by atoms with Crippen LogP contribution in [0.5, 0.6) is 0 Å². The maximum Gasteiger partial charge on any atom is 0.0673 e. The summed E-state index contributed by atoms with van der Waals surface area (Å²) in [6.45, 7) is 8.03. The number of rotatable bonds is 3. The fraction of sp³-hybridized carbons (Fsp3) is 0.600. The Morgan fingerprint density at radius 3 is 2.83 bits per heavy atom. The van der Waals surface area contributed by atoms with E-state index in [1.54, 1.807) is 0 Å². The third-order valence-electron chi connectivity index (χ3n) is 3.52. The molecule has 18 heavy (non-hydrogen) atoms. The largest absolute Gasteiger partial charge is 0.377 e. The Labute approximate surface area is 110 Å². The predicted molar refractivity (Wildman–Crippen MR) is 74.5 cm³/mol. The van der Waals surface area contributed by atoms with E-state index in [2.05, 4.69) is 43.0 Å². The predicted octanol–water partition coefficient (Wildman–Crippen LogP) is 1.97. The van der Waals surface area contributed by atoms with E-state index < -0.39 is 0 Å². The Balaban J connectivity index is 2.03. The summed E-state index contributed by atoms with van der Waals surface area (Å²) in [6.07, 6.45) is 1.40. The van der Waals surface area contributed by atoms with Gasteiger partial charge in [-0.3, -0.25) is 4.90 Å². The van der Waals surface area contributed by atoms with E-state index in [9.17, 15) is 0 Å². The summed E-state index contributed by atoms with van der Waals surface area (Å²) < 4.78 is 5.67. The zero-order valence-electron chi connectivity index (χ0n) is 11.4. The fourth-order valence-corrected chi connectivity index (χ4v) is 2.60. The summed E-state index contributed by atoms with van der Waals surface area (Å²) in [4.78, 5) is 2.42. The topological polar surface area (TPSA) is 38.5 Å². The standard InChI is InChI=1S/C15H24N2O/c1-13-11-17(9-6-10-18-13)12-15(2,16)14-7-4-3-5-8-14/h3-5,7-8,13H,6,9-12,16H2,1-2H3. The lowest BCUT2D eigenvalue weighted by molar-refractivity contribution is 0.0648. The molecule has 2 atom stereocenters. The minimum Gasteiger partial charge on any atom is -0.377 e. The first-order chi connectivity index (χ1) is 8.58. The summed E-state index contributed by atoms with van der Waals surface area (Å²) in [7, 11) is 0. The average Bonchev–Trinajstić information content (AvgIpc) is 2.54. The van der Waals surface area contributed by atoms with Crippen molar-refractivity contribution in [3.05, 3.63) is 35.9 Å². The van der Waals surface area contributed by atoms with Crippen LogP contribution in [-0.2, 0) is 10.3 Å². The number of hydrogen-bond acceptors (Lipinski definition) is 3. The number of nitrogens with two attached hydrogens (primary N) is 1. The highest BCUT2D eigenvalue weighted by Crippen LogP contribution is 2.20. The van der Waals surface area contributed by atoms with Crippen LogP contribution in [0.1, 0.15) is 25.8 Å². The van der Waals surface area contributed by atoms with Gasteiger partial charge in [-0.25, -0.2) is 0 Å². The zero-order chi connectivity index (χ0) is 13.0. The Kier molecular flexibility index (Phi) is 4.38. The Morgan fingerprint density at radius 1 is 1.39 bits per heavy atom. The van der Waals surface area contributed by atoms with Crippen LogP contribution in [0.25, 0.3) is 0 Å². The Hall–Kier alpha value is -0.900. The zero-order valence-corrected chi connectivity index (χ0v) is 11.4. The molecule has 1 saturated heterocycles. The maximum atomic E-state index is 6.48. The van der Waals surface area contributed by atoms with E-state index >= 15 is 0 Å². The molecule has 0 saturated carbocycles. The van der Waals surface area contributed by atoms with Crippen LogP contribution in [0.3, 0.4) is 0 Å². The summed E-state index contributed by atoms with van der Waals surface area (Å²) in [6, 6.07) is 10.3. The van der Waals surface area contributed by atoms with Gasteiger partial charge in [-0.05, 0) is 25.8 Å². The molecule has 1 aliphatic heterocycles. The molecular formula is C15H24N2O. The normalized spacial score (nSPS) is 25.4. The second-order valence-electron chi connectivity index (χ2n) is 5.55. The van der Waals surface area contributed by atoms with Crippen LogP contribution in [0.15, 0.2) is 30.3 Å². The van der Waals surface area contributed by atoms with E-state index in [1.165, 1.54) is 5.56 Å². The molecule has 1 aliphatic rings. The fourth-order valence-electron chi connectivity index (χ4n) is 2.60. The Bertz CT molecular complexity index is 364. The van der Waals surface area contributed by atoms with Crippen molar-refractivity contribution in [2.45, 2.75) is 31.9 Å². The molecule has 1 heterocycles. The number of nitrogens with zero attached hydrogens (tertiary/aromatic N) is 1. The van der Waals surface area contributed by atoms with E-state index in [1.807, 2.05) is 6.07 Å². The molecule has 1 fully saturated rings. The molecule has 0 aromatic heterocycles. The molecule has 3 nitrogen and oxygen atoms in total. The van der Waals surface area contributed by atoms with Crippen molar-refractivity contribution in [1.82, 2.24) is 4.90 Å². The van der Waals surface area contributed by atoms with Crippen molar-refractivity contribution in [1.29, 1.82) is 0 Å². The molecule has 2 rings (SSSR count). The second-order valence-corrected chi connectivity index (χ2v) is 5.55. The minimum atomic E-state index is -0.300. The van der Waals surface area contributed by atoms with Gasteiger partial charge in [0.1, 0.15) is 0 Å². The third-order valence-corrected chi connectivity index (χ3v) is 3.52. The Morgan fingerprint density at radius 2 is 2.11 bits per heavy atom. The quantitative estimate of drug-likeness (QED) is 0.889. The van der Waals surface area contributed by atoms with Gasteiger partial charge in [-0.1, -0.05) is 30.3 Å². The molecule has 1 aromatic carbocycles. The number of benzene rings is 1. The molecule has 0 radical (unpaired) electrons. The third kappa shape index (κ3) is 3.55. The molecule has 3 heteroatoms. The summed E-state index contributed by atoms with van der Waals surface area (Å²) >= 11 is 0. The van der Waals surface area contributed by atoms with Gasteiger partial charge in [0.25, 0.3) is 0 Å². The van der Waals surface area contributed by atoms with Crippen LogP contribution < -0.4 is 5.73 Å². The van der Waals surface area contributed by atoms with Crippen LogP contribution >= 0.6 is 0 Å². The van der Waals surface area contributed by atoms with Gasteiger partial charge in [0.2, 0.25) is 0 Å². The lowest BCUT2D eigenvalue weighted by Crippen LogP contribution is -2.47. The first kappa shape index (κ1) is 13.5. The highest BCUT2D eigenvalue weighted by Gasteiger charge is 2.26. The first-order valence-corrected chi connectivity index (χ1v) is 6.76. The van der Waals surface area contributed by atoms with Gasteiger partial charge in [0.05, 0.1) is 11.6 Å². The van der Waals surface area contributed by atoms with Crippen molar-refractivity contribution in [2.75, 3.05) is 26.2 Å². The molecule has 2 N–H and O–H groups in total. The van der Waals surface area contributed by atoms with E-state index in [4.69, 9.17) is 10.5 Å². The first-order valence-electron chi connectivity index (χ1n) is 6.76. The molecule has 2 unspecified atom stereocenters. The van der Waals surface area contributed by atoms with Crippen LogP contribution in [0.4, 0.5) is 0 Å². The van der Waals surface area contributed by atoms with E-state index in [0.717, 1.165) is 32.7 Å². The van der Waals surface area contributed by atoms with Crippen LogP contribution in [0, 0.1) is 0 Å². The molecule has 1 aromatic rings. The van der Waals surface area contributed by atoms with Crippen molar-refractivity contribution in [2.24, 2.45) is 5.73 Å². The van der Waals surface area contributed by atoms with Gasteiger partial charge >= 0.3 is 0 Å². The second kappa shape index (κ2) is 5.83. The number of ether oxygens (including phenoxy) is 1. The highest BCUT2D eigenvalue weighted by molar-refractivity contribution is 5.23. The van der Waals surface area contributed by atoms with Crippen molar-refractivity contribution >= 4 is 0 Å². The van der Waals surface area contributed by atoms with Gasteiger partial charge in [0.15, 0.2) is 0 Å². The smallest absolute Gasteiger partial charge is 0.0673 e. The molecule has 0 bridgehead atoms. The van der Waals surface area contributed by atoms with Crippen LogP contribution in [0.2, 0.25) is 0 Å². The monoisotopic (exact) mass is 248 g/mol. The summed E-state index contributed by atoms with van der Waals surface area (Å²) in [5, 5.41) is 0. The lowest BCUT2D eigenvalue weighted by atomic mass is 9.92. The molecule has 0 aliphatic carbocycles. The van der Waals surface area contributed by atoms with Crippen molar-refractivity contribution in [3.8, 4) is 0 Å². The summed E-state index contributed by atoms with van der Waals surface area (Å²) in [5.74, 6) is 0. The lowest BCUT2D eigenvalue weighted by Gasteiger charge is -2.33. The highest BCUT2D eigenvalue weighted by atomic mass is 16.5. The van der Waals surface area contributed by atoms with E-state index in [-0.39, 0.29) is 5.54 Å². The van der Waals surface area contributed by atoms with Gasteiger partial charge in [-0.15, -0.1) is 0 Å². The van der Waals surface area contributed by atoms with Crippen molar-refractivity contribution < 1.29 is 4.74 Å². The maximum absolute atomic E-state index is 6.48. The number of hydrogen-bond donors (Lipinski definition) is 1. The molecule has 100 valence electrons. The average molecular weight is 248 g/mol. The van der Waals surface area contributed by atoms with Gasteiger partial charge in [0, 0.05) is 26.2 Å². The van der Waals surface area contributed by atoms with Gasteiger partial charge in [-0.2, -0.15) is 0 Å². The molecule has 0 spiro atoms. The van der Waals surface area contributed by atoms with E-state index in [0.29, 0.717) is 6.10 Å². The summed E-state index contributed by atoms with van der Waals surface area (Å²) in [5.41, 5.74) is 7.38. The molecule has 0 amide bonds. The van der Waals surface area contributed by atoms with Crippen LogP contribution in [-0.4, -0.2) is 37.2 Å². The van der Waals surface area contributed by atoms with Crippen molar-refractivity contribution in [3.63, 3.8) is 0 Å².